The molecule has 0 aliphatic carbocycles. The molecule has 0 saturated carbocycles. The molecule has 0 spiro atoms. The Kier molecular flexibility index (Phi) is 5.51. The van der Waals surface area contributed by atoms with E-state index in [-0.39, 0.29) is 17.4 Å². The van der Waals surface area contributed by atoms with E-state index in [1.807, 2.05) is 0 Å². The Bertz CT molecular complexity index is 975. The van der Waals surface area contributed by atoms with Crippen LogP contribution in [0.2, 0.25) is 0 Å². The number of hydrogen-bond acceptors (Lipinski definition) is 5. The van der Waals surface area contributed by atoms with Crippen molar-refractivity contribution >= 4 is 29.0 Å². The number of nitrogens with one attached hydrogen (secondary N) is 1. The van der Waals surface area contributed by atoms with Gasteiger partial charge in [-0.25, -0.2) is 9.37 Å². The van der Waals surface area contributed by atoms with Gasteiger partial charge >= 0.3 is 0 Å². The molecular formula is C18H15FN4O3S. The number of non-ortho nitro benzene ring substituents is 1. The zero-order valence-electron chi connectivity index (χ0n) is 14.2. The van der Waals surface area contributed by atoms with Crippen LogP contribution >= 0.6 is 11.8 Å². The summed E-state index contributed by atoms with van der Waals surface area (Å²) < 4.78 is 15.2. The van der Waals surface area contributed by atoms with E-state index in [0.29, 0.717) is 16.5 Å². The van der Waals surface area contributed by atoms with Crippen molar-refractivity contribution in [1.82, 2.24) is 9.55 Å². The second-order valence-corrected chi connectivity index (χ2v) is 6.92. The van der Waals surface area contributed by atoms with Gasteiger partial charge in [-0.05, 0) is 37.3 Å². The van der Waals surface area contributed by atoms with Crippen LogP contribution in [-0.4, -0.2) is 25.6 Å². The van der Waals surface area contributed by atoms with E-state index in [2.05, 4.69) is 10.3 Å². The second kappa shape index (κ2) is 8.00. The molecular weight excluding hydrogens is 371 g/mol. The summed E-state index contributed by atoms with van der Waals surface area (Å²) >= 11 is 1.22. The zero-order chi connectivity index (χ0) is 19.4. The fraction of sp³-hybridized carbons (Fsp3) is 0.111. The zero-order valence-corrected chi connectivity index (χ0v) is 15.0. The summed E-state index contributed by atoms with van der Waals surface area (Å²) in [5.41, 5.74) is 1.03. The number of carbonyl (C=O) groups is 1. The number of amides is 1. The van der Waals surface area contributed by atoms with Crippen molar-refractivity contribution in [2.24, 2.45) is 0 Å². The number of carbonyl (C=O) groups excluding carboxylic acids is 1. The van der Waals surface area contributed by atoms with Crippen molar-refractivity contribution in [2.45, 2.75) is 17.3 Å². The van der Waals surface area contributed by atoms with Gasteiger partial charge in [0, 0.05) is 30.2 Å². The van der Waals surface area contributed by atoms with E-state index in [4.69, 9.17) is 0 Å². The molecule has 1 heterocycles. The minimum Gasteiger partial charge on any atom is -0.325 e. The first-order valence-corrected chi connectivity index (χ1v) is 8.83. The minimum atomic E-state index is -0.504. The van der Waals surface area contributed by atoms with Crippen LogP contribution < -0.4 is 5.32 Å². The van der Waals surface area contributed by atoms with Crippen molar-refractivity contribution < 1.29 is 14.1 Å². The molecule has 0 aliphatic rings. The van der Waals surface area contributed by atoms with Gasteiger partial charge in [0.15, 0.2) is 5.16 Å². The van der Waals surface area contributed by atoms with E-state index in [1.165, 1.54) is 48.2 Å². The molecule has 9 heteroatoms. The molecule has 1 amide bonds. The molecule has 3 rings (SSSR count). The lowest BCUT2D eigenvalue weighted by atomic mass is 10.3. The van der Waals surface area contributed by atoms with Crippen LogP contribution in [0.5, 0.6) is 0 Å². The number of nitrogens with zero attached hydrogens (tertiary/aromatic N) is 3. The molecule has 0 bridgehead atoms. The molecule has 0 fully saturated rings. The normalized spacial score (nSPS) is 11.8. The summed E-state index contributed by atoms with van der Waals surface area (Å²) in [5.74, 6) is -0.635. The van der Waals surface area contributed by atoms with E-state index >= 15 is 0 Å². The van der Waals surface area contributed by atoms with Gasteiger partial charge in [0.05, 0.1) is 15.9 Å². The number of anilines is 1. The van der Waals surface area contributed by atoms with Gasteiger partial charge in [-0.15, -0.1) is 0 Å². The number of halogens is 1. The summed E-state index contributed by atoms with van der Waals surface area (Å²) in [5, 5.41) is 13.4. The predicted molar refractivity (Wildman–Crippen MR) is 101 cm³/mol. The van der Waals surface area contributed by atoms with Crippen LogP contribution in [0.3, 0.4) is 0 Å². The summed E-state index contributed by atoms with van der Waals surface area (Å²) in [6.45, 7) is 1.72. The van der Waals surface area contributed by atoms with Gasteiger partial charge in [-0.2, -0.15) is 0 Å². The lowest BCUT2D eigenvalue weighted by Gasteiger charge is -2.13. The Hall–Kier alpha value is -3.20. The van der Waals surface area contributed by atoms with Crippen molar-refractivity contribution in [3.63, 3.8) is 0 Å². The van der Waals surface area contributed by atoms with E-state index < -0.39 is 10.2 Å². The highest BCUT2D eigenvalue weighted by molar-refractivity contribution is 8.00. The molecule has 7 nitrogen and oxygen atoms in total. The molecule has 0 saturated heterocycles. The SMILES string of the molecule is CC(Sc1nccn1-c1cccc(F)c1)C(=O)Nc1ccc([N+](=O)[O-])cc1. The van der Waals surface area contributed by atoms with Crippen LogP contribution in [0.1, 0.15) is 6.92 Å². The number of thioether (sulfide) groups is 1. The van der Waals surface area contributed by atoms with Gasteiger partial charge in [-0.3, -0.25) is 19.5 Å². The molecule has 1 atom stereocenters. The number of imidazole rings is 1. The molecule has 1 unspecified atom stereocenters. The first-order chi connectivity index (χ1) is 12.9. The smallest absolute Gasteiger partial charge is 0.269 e. The van der Waals surface area contributed by atoms with Crippen LogP contribution in [-0.2, 0) is 4.79 Å². The first kappa shape index (κ1) is 18.6. The van der Waals surface area contributed by atoms with Gasteiger partial charge < -0.3 is 5.32 Å². The quantitative estimate of drug-likeness (QED) is 0.392. The maximum Gasteiger partial charge on any atom is 0.269 e. The van der Waals surface area contributed by atoms with Crippen LogP contribution in [0.4, 0.5) is 15.8 Å². The lowest BCUT2D eigenvalue weighted by molar-refractivity contribution is -0.384. The highest BCUT2D eigenvalue weighted by Gasteiger charge is 2.18. The number of nitro groups is 1. The second-order valence-electron chi connectivity index (χ2n) is 5.61. The lowest BCUT2D eigenvalue weighted by Crippen LogP contribution is -2.22. The molecule has 1 N–H and O–H groups in total. The average molecular weight is 386 g/mol. The van der Waals surface area contributed by atoms with Gasteiger partial charge in [0.2, 0.25) is 5.91 Å². The molecule has 0 aliphatic heterocycles. The average Bonchev–Trinajstić information content (AvgIpc) is 3.10. The maximum absolute atomic E-state index is 13.5. The summed E-state index contributed by atoms with van der Waals surface area (Å²) in [7, 11) is 0. The molecule has 138 valence electrons. The molecule has 0 radical (unpaired) electrons. The van der Waals surface area contributed by atoms with Crippen LogP contribution in [0.25, 0.3) is 5.69 Å². The van der Waals surface area contributed by atoms with Crippen molar-refractivity contribution in [2.75, 3.05) is 5.32 Å². The van der Waals surface area contributed by atoms with Crippen LogP contribution in [0.15, 0.2) is 66.1 Å². The van der Waals surface area contributed by atoms with Crippen molar-refractivity contribution in [3.8, 4) is 5.69 Å². The number of nitro benzene ring substituents is 1. The molecule has 27 heavy (non-hydrogen) atoms. The van der Waals surface area contributed by atoms with E-state index in [9.17, 15) is 19.3 Å². The van der Waals surface area contributed by atoms with Gasteiger partial charge in [0.25, 0.3) is 5.69 Å². The number of hydrogen-bond donors (Lipinski definition) is 1. The number of aromatic nitrogens is 2. The highest BCUT2D eigenvalue weighted by Crippen LogP contribution is 2.26. The minimum absolute atomic E-state index is 0.0486. The number of benzene rings is 2. The molecule has 2 aromatic carbocycles. The molecule has 1 aromatic heterocycles. The predicted octanol–water partition coefficient (Wildman–Crippen LogP) is 4.04. The van der Waals surface area contributed by atoms with E-state index in [0.717, 1.165) is 0 Å². The summed E-state index contributed by atoms with van der Waals surface area (Å²) in [4.78, 5) is 26.8. The first-order valence-electron chi connectivity index (χ1n) is 7.95. The summed E-state index contributed by atoms with van der Waals surface area (Å²) in [6, 6.07) is 11.7. The summed E-state index contributed by atoms with van der Waals surface area (Å²) in [6.07, 6.45) is 3.27. The largest absolute Gasteiger partial charge is 0.325 e. The standard InChI is InChI=1S/C18H15FN4O3S/c1-12(17(24)21-14-5-7-15(8-6-14)23(25)26)27-18-20-9-10-22(18)16-4-2-3-13(19)11-16/h2-12H,1H3,(H,21,24). The van der Waals surface area contributed by atoms with E-state index in [1.54, 1.807) is 36.0 Å². The Labute approximate surface area is 158 Å². The maximum atomic E-state index is 13.5. The van der Waals surface area contributed by atoms with Crippen molar-refractivity contribution in [3.05, 3.63) is 76.9 Å². The van der Waals surface area contributed by atoms with Gasteiger partial charge in [0.1, 0.15) is 5.82 Å². The molecule has 3 aromatic rings. The fourth-order valence-electron chi connectivity index (χ4n) is 2.32. The number of rotatable bonds is 6. The third-order valence-electron chi connectivity index (χ3n) is 3.69. The topological polar surface area (TPSA) is 90.1 Å². The van der Waals surface area contributed by atoms with Gasteiger partial charge in [-0.1, -0.05) is 17.8 Å². The third-order valence-corrected chi connectivity index (χ3v) is 4.77. The Balaban J connectivity index is 1.69. The highest BCUT2D eigenvalue weighted by atomic mass is 32.2. The Morgan fingerprint density at radius 3 is 2.70 bits per heavy atom. The van der Waals surface area contributed by atoms with Crippen molar-refractivity contribution in [1.29, 1.82) is 0 Å². The fourth-order valence-corrected chi connectivity index (χ4v) is 3.21. The van der Waals surface area contributed by atoms with Crippen LogP contribution in [0, 0.1) is 15.9 Å². The monoisotopic (exact) mass is 386 g/mol. The Morgan fingerprint density at radius 2 is 2.04 bits per heavy atom. The Morgan fingerprint density at radius 1 is 1.30 bits per heavy atom. The third kappa shape index (κ3) is 4.50.